The van der Waals surface area contributed by atoms with E-state index in [9.17, 15) is 23.2 Å². The lowest BCUT2D eigenvalue weighted by molar-refractivity contribution is -0.329. The first kappa shape index (κ1) is 21.1. The zero-order valence-electron chi connectivity index (χ0n) is 15.9. The fraction of sp³-hybridized carbons (Fsp3) is 0.706. The van der Waals surface area contributed by atoms with Gasteiger partial charge >= 0.3 is 18.1 Å². The van der Waals surface area contributed by atoms with Gasteiger partial charge in [0.05, 0.1) is 12.6 Å². The summed E-state index contributed by atoms with van der Waals surface area (Å²) in [6.07, 6.45) is -3.64. The molecule has 0 aliphatic carbocycles. The number of halogens is 2. The third-order valence-electron chi connectivity index (χ3n) is 4.59. The van der Waals surface area contributed by atoms with Crippen LogP contribution in [0.25, 0.3) is 0 Å². The maximum absolute atomic E-state index is 14.3. The monoisotopic (exact) mass is 389 g/mol. The van der Waals surface area contributed by atoms with Crippen LogP contribution in [0, 0.1) is 11.8 Å². The Labute approximate surface area is 156 Å². The van der Waals surface area contributed by atoms with Gasteiger partial charge in [-0.25, -0.2) is 9.59 Å². The molecule has 2 heterocycles. The van der Waals surface area contributed by atoms with Crippen molar-refractivity contribution in [2.45, 2.75) is 58.9 Å². The van der Waals surface area contributed by atoms with Crippen LogP contribution in [0.15, 0.2) is 11.6 Å². The van der Waals surface area contributed by atoms with Gasteiger partial charge in [0.25, 0.3) is 0 Å². The lowest BCUT2D eigenvalue weighted by Crippen LogP contribution is -2.49. The van der Waals surface area contributed by atoms with Crippen molar-refractivity contribution in [2.24, 2.45) is 17.6 Å². The first-order valence-corrected chi connectivity index (χ1v) is 8.72. The van der Waals surface area contributed by atoms with Crippen molar-refractivity contribution in [2.75, 3.05) is 6.54 Å². The number of urea groups is 1. The number of ether oxygens (including phenoxy) is 1. The van der Waals surface area contributed by atoms with Crippen LogP contribution in [0.3, 0.4) is 0 Å². The smallest absolute Gasteiger partial charge is 0.455 e. The summed E-state index contributed by atoms with van der Waals surface area (Å²) >= 11 is 0. The molecule has 1 saturated heterocycles. The minimum atomic E-state index is -4.36. The first-order valence-electron chi connectivity index (χ1n) is 8.72. The predicted molar refractivity (Wildman–Crippen MR) is 90.1 cm³/mol. The van der Waals surface area contributed by atoms with Crippen LogP contribution < -0.4 is 5.73 Å². The molecule has 0 saturated carbocycles. The van der Waals surface area contributed by atoms with E-state index in [4.69, 9.17) is 10.5 Å². The van der Waals surface area contributed by atoms with Gasteiger partial charge in [0.15, 0.2) is 0 Å². The highest BCUT2D eigenvalue weighted by molar-refractivity contribution is 5.90. The Morgan fingerprint density at radius 3 is 2.30 bits per heavy atom. The lowest BCUT2D eigenvalue weighted by Gasteiger charge is -2.28. The van der Waals surface area contributed by atoms with Gasteiger partial charge in [0.1, 0.15) is 12.1 Å². The molecular weight excluding hydrogens is 364 g/mol. The highest BCUT2D eigenvalue weighted by Crippen LogP contribution is 2.33. The van der Waals surface area contributed by atoms with Crippen LogP contribution in [0.5, 0.6) is 0 Å². The number of fused-ring (bicyclic) bond motifs is 2. The van der Waals surface area contributed by atoms with Crippen LogP contribution in [0.2, 0.25) is 0 Å². The van der Waals surface area contributed by atoms with Gasteiger partial charge in [-0.15, -0.1) is 0 Å². The lowest BCUT2D eigenvalue weighted by atomic mass is 9.96. The molecule has 8 nitrogen and oxygen atoms in total. The molecule has 3 amide bonds. The first-order chi connectivity index (χ1) is 12.4. The Balaban J connectivity index is 2.15. The van der Waals surface area contributed by atoms with E-state index in [0.29, 0.717) is 10.6 Å². The van der Waals surface area contributed by atoms with Crippen molar-refractivity contribution in [1.82, 2.24) is 9.96 Å². The molecule has 2 aliphatic rings. The summed E-state index contributed by atoms with van der Waals surface area (Å²) in [6.45, 7) is 8.50. The summed E-state index contributed by atoms with van der Waals surface area (Å²) in [7, 11) is 0. The number of hydrogen-bond acceptors (Lipinski definition) is 5. The number of nitrogens with two attached hydrogens (primary N) is 1. The summed E-state index contributed by atoms with van der Waals surface area (Å²) in [6, 6.07) is -2.86. The molecule has 2 N–H and O–H groups in total. The van der Waals surface area contributed by atoms with E-state index in [-0.39, 0.29) is 18.4 Å². The van der Waals surface area contributed by atoms with Crippen molar-refractivity contribution in [3.8, 4) is 0 Å². The van der Waals surface area contributed by atoms with Crippen LogP contribution in [0.1, 0.15) is 34.6 Å². The number of hydroxylamine groups is 2. The second-order valence-electron chi connectivity index (χ2n) is 7.51. The van der Waals surface area contributed by atoms with Crippen molar-refractivity contribution in [1.29, 1.82) is 0 Å². The van der Waals surface area contributed by atoms with Gasteiger partial charge in [-0.3, -0.25) is 4.79 Å². The van der Waals surface area contributed by atoms with E-state index in [0.717, 1.165) is 4.90 Å². The van der Waals surface area contributed by atoms with Gasteiger partial charge < -0.3 is 15.4 Å². The third kappa shape index (κ3) is 4.05. The number of hydrogen-bond donors (Lipinski definition) is 1. The van der Waals surface area contributed by atoms with Crippen molar-refractivity contribution in [3.05, 3.63) is 11.6 Å². The Bertz CT molecular complexity index is 657. The standard InChI is InChI=1S/C17H25F2N3O5/c1-8(2)13(9(3)4)26-15(24)17(18,19)27-22-11-6-10(5)12(14(20)23)21(7-11)16(22)25/h6,8-9,11-13H,7H2,1-5H3,(H2,20,23)/t11-,12-/m0/s1. The van der Waals surface area contributed by atoms with Crippen molar-refractivity contribution < 1.29 is 32.7 Å². The van der Waals surface area contributed by atoms with Gasteiger partial charge in [0, 0.05) is 0 Å². The molecule has 2 aliphatic heterocycles. The van der Waals surface area contributed by atoms with Crippen molar-refractivity contribution >= 4 is 17.9 Å². The number of carbonyl (C=O) groups is 3. The summed E-state index contributed by atoms with van der Waals surface area (Å²) in [5.74, 6) is -3.00. The van der Waals surface area contributed by atoms with E-state index in [1.165, 1.54) is 6.08 Å². The average molecular weight is 389 g/mol. The maximum Gasteiger partial charge on any atom is 0.477 e. The Morgan fingerprint density at radius 2 is 1.81 bits per heavy atom. The maximum atomic E-state index is 14.3. The molecule has 0 unspecified atom stereocenters. The number of nitrogens with zero attached hydrogens (tertiary/aromatic N) is 2. The van der Waals surface area contributed by atoms with Gasteiger partial charge in [-0.05, 0) is 24.3 Å². The summed E-state index contributed by atoms with van der Waals surface area (Å²) < 4.78 is 33.6. The Hall–Kier alpha value is -2.23. The summed E-state index contributed by atoms with van der Waals surface area (Å²) in [5.41, 5.74) is 5.73. The predicted octanol–water partition coefficient (Wildman–Crippen LogP) is 1.65. The van der Waals surface area contributed by atoms with E-state index >= 15 is 0 Å². The highest BCUT2D eigenvalue weighted by atomic mass is 19.3. The van der Waals surface area contributed by atoms with E-state index in [1.807, 2.05) is 0 Å². The fourth-order valence-electron chi connectivity index (χ4n) is 3.48. The summed E-state index contributed by atoms with van der Waals surface area (Å²) in [4.78, 5) is 41.4. The molecule has 152 valence electrons. The average Bonchev–Trinajstić information content (AvgIpc) is 2.76. The number of amides is 3. The highest BCUT2D eigenvalue weighted by Gasteiger charge is 2.54. The van der Waals surface area contributed by atoms with Gasteiger partial charge in [-0.1, -0.05) is 33.8 Å². The summed E-state index contributed by atoms with van der Waals surface area (Å²) in [5, 5.41) is 0.396. The molecule has 2 rings (SSSR count). The SMILES string of the molecule is CC1=C[C@H]2CN(C(=O)N2OC(F)(F)C(=O)OC(C(C)C)C(C)C)[C@@H]1C(N)=O. The largest absolute Gasteiger partial charge is 0.477 e. The Morgan fingerprint density at radius 1 is 1.26 bits per heavy atom. The molecule has 2 atom stereocenters. The number of rotatable bonds is 7. The van der Waals surface area contributed by atoms with Crippen LogP contribution >= 0.6 is 0 Å². The number of primary amides is 1. The van der Waals surface area contributed by atoms with Crippen LogP contribution in [0.4, 0.5) is 13.6 Å². The normalized spacial score (nSPS) is 22.7. The number of alkyl halides is 2. The Kier molecular flexibility index (Phi) is 5.79. The molecule has 0 spiro atoms. The van der Waals surface area contributed by atoms with Gasteiger partial charge in [-0.2, -0.15) is 18.7 Å². The zero-order chi connectivity index (χ0) is 20.7. The molecule has 0 aromatic rings. The second kappa shape index (κ2) is 7.41. The number of esters is 1. The number of carbonyl (C=O) groups excluding carboxylic acids is 3. The van der Waals surface area contributed by atoms with Crippen molar-refractivity contribution in [3.63, 3.8) is 0 Å². The van der Waals surface area contributed by atoms with Crippen LogP contribution in [-0.4, -0.2) is 58.7 Å². The fourth-order valence-corrected chi connectivity index (χ4v) is 3.48. The zero-order valence-corrected chi connectivity index (χ0v) is 15.9. The molecular formula is C17H25F2N3O5. The molecule has 27 heavy (non-hydrogen) atoms. The third-order valence-corrected chi connectivity index (χ3v) is 4.59. The van der Waals surface area contributed by atoms with E-state index in [2.05, 4.69) is 4.84 Å². The molecule has 0 aromatic heterocycles. The molecule has 0 radical (unpaired) electrons. The molecule has 1 fully saturated rings. The second-order valence-corrected chi connectivity index (χ2v) is 7.51. The molecule has 0 aromatic carbocycles. The quantitative estimate of drug-likeness (QED) is 0.527. The minimum Gasteiger partial charge on any atom is -0.455 e. The topological polar surface area (TPSA) is 102 Å². The van der Waals surface area contributed by atoms with E-state index in [1.54, 1.807) is 34.6 Å². The minimum absolute atomic E-state index is 0.0461. The van der Waals surface area contributed by atoms with E-state index < -0.39 is 42.2 Å². The van der Waals surface area contributed by atoms with Crippen LogP contribution in [-0.2, 0) is 19.2 Å². The van der Waals surface area contributed by atoms with Gasteiger partial charge in [0.2, 0.25) is 5.91 Å². The molecule has 10 heteroatoms. The molecule has 2 bridgehead atoms.